The van der Waals surface area contributed by atoms with E-state index in [1.165, 1.54) is 33.4 Å². The third kappa shape index (κ3) is 2.57. The summed E-state index contributed by atoms with van der Waals surface area (Å²) in [7, 11) is 0. The quantitative estimate of drug-likeness (QED) is 0.855. The first-order chi connectivity index (χ1) is 8.82. The molecule has 0 spiro atoms. The van der Waals surface area contributed by atoms with E-state index in [1.54, 1.807) is 0 Å². The van der Waals surface area contributed by atoms with Gasteiger partial charge in [-0.2, -0.15) is 0 Å². The maximum Gasteiger partial charge on any atom is 0.0637 e. The Bertz CT molecular complexity index is 556. The highest BCUT2D eigenvalue weighted by molar-refractivity contribution is 5.43. The van der Waals surface area contributed by atoms with Crippen LogP contribution in [-0.2, 0) is 5.54 Å². The van der Waals surface area contributed by atoms with Crippen molar-refractivity contribution in [2.45, 2.75) is 40.2 Å². The van der Waals surface area contributed by atoms with E-state index in [0.717, 1.165) is 0 Å². The highest BCUT2D eigenvalue weighted by Gasteiger charge is 2.24. The molecule has 100 valence electrons. The van der Waals surface area contributed by atoms with Crippen molar-refractivity contribution in [3.05, 3.63) is 69.8 Å². The minimum Gasteiger partial charge on any atom is -0.318 e. The molecule has 0 fully saturated rings. The molecule has 1 heteroatoms. The van der Waals surface area contributed by atoms with Gasteiger partial charge in [-0.05, 0) is 68.0 Å². The first kappa shape index (κ1) is 13.8. The Morgan fingerprint density at radius 2 is 1.05 bits per heavy atom. The van der Waals surface area contributed by atoms with E-state index in [2.05, 4.69) is 71.0 Å². The second-order valence-corrected chi connectivity index (χ2v) is 5.80. The van der Waals surface area contributed by atoms with Gasteiger partial charge in [-0.3, -0.25) is 0 Å². The minimum atomic E-state index is -0.448. The van der Waals surface area contributed by atoms with Gasteiger partial charge in [0.1, 0.15) is 0 Å². The Balaban J connectivity index is 2.51. The van der Waals surface area contributed by atoms with Crippen molar-refractivity contribution in [3.8, 4) is 0 Å². The summed E-state index contributed by atoms with van der Waals surface area (Å²) < 4.78 is 0. The molecular formula is C18H23N. The molecule has 0 radical (unpaired) electrons. The molecule has 1 nitrogen and oxygen atoms in total. The van der Waals surface area contributed by atoms with Gasteiger partial charge in [0.05, 0.1) is 5.54 Å². The lowest BCUT2D eigenvalue weighted by molar-refractivity contribution is 0.601. The van der Waals surface area contributed by atoms with E-state index in [4.69, 9.17) is 5.73 Å². The van der Waals surface area contributed by atoms with Crippen molar-refractivity contribution in [1.29, 1.82) is 0 Å². The standard InChI is InChI=1S/C18H23N/c1-12-6-8-16(10-14(12)3)18(5,19)17-9-7-13(2)15(4)11-17/h6-11H,19H2,1-5H3. The van der Waals surface area contributed by atoms with Crippen LogP contribution in [0.5, 0.6) is 0 Å². The summed E-state index contributed by atoms with van der Waals surface area (Å²) >= 11 is 0. The summed E-state index contributed by atoms with van der Waals surface area (Å²) in [5, 5.41) is 0. The molecule has 0 aliphatic rings. The number of hydrogen-bond acceptors (Lipinski definition) is 1. The summed E-state index contributed by atoms with van der Waals surface area (Å²) in [6.07, 6.45) is 0. The maximum absolute atomic E-state index is 6.60. The van der Waals surface area contributed by atoms with E-state index in [9.17, 15) is 0 Å². The molecule has 2 N–H and O–H groups in total. The molecule has 0 heterocycles. The third-order valence-electron chi connectivity index (χ3n) is 4.21. The van der Waals surface area contributed by atoms with Crippen LogP contribution in [0.2, 0.25) is 0 Å². The Kier molecular flexibility index (Phi) is 3.51. The van der Waals surface area contributed by atoms with Crippen LogP contribution in [0, 0.1) is 27.7 Å². The van der Waals surface area contributed by atoms with Crippen LogP contribution >= 0.6 is 0 Å². The highest BCUT2D eigenvalue weighted by atomic mass is 14.7. The van der Waals surface area contributed by atoms with E-state index < -0.39 is 5.54 Å². The number of rotatable bonds is 2. The lowest BCUT2D eigenvalue weighted by Crippen LogP contribution is -2.34. The van der Waals surface area contributed by atoms with E-state index in [1.807, 2.05) is 0 Å². The molecule has 0 amide bonds. The van der Waals surface area contributed by atoms with E-state index in [0.29, 0.717) is 0 Å². The number of benzene rings is 2. The molecule has 0 unspecified atom stereocenters. The zero-order valence-corrected chi connectivity index (χ0v) is 12.5. The zero-order chi connectivity index (χ0) is 14.2. The second kappa shape index (κ2) is 4.82. The van der Waals surface area contributed by atoms with Crippen LogP contribution in [0.3, 0.4) is 0 Å². The van der Waals surface area contributed by atoms with E-state index in [-0.39, 0.29) is 0 Å². The fourth-order valence-electron chi connectivity index (χ4n) is 2.30. The summed E-state index contributed by atoms with van der Waals surface area (Å²) in [5.74, 6) is 0. The van der Waals surface area contributed by atoms with Gasteiger partial charge in [0.2, 0.25) is 0 Å². The average molecular weight is 253 g/mol. The van der Waals surface area contributed by atoms with Crippen LogP contribution in [0.25, 0.3) is 0 Å². The zero-order valence-electron chi connectivity index (χ0n) is 12.5. The van der Waals surface area contributed by atoms with Crippen LogP contribution in [0.1, 0.15) is 40.3 Å². The van der Waals surface area contributed by atoms with Crippen molar-refractivity contribution in [3.63, 3.8) is 0 Å². The van der Waals surface area contributed by atoms with Gasteiger partial charge in [0.15, 0.2) is 0 Å². The van der Waals surface area contributed by atoms with Gasteiger partial charge >= 0.3 is 0 Å². The minimum absolute atomic E-state index is 0.448. The largest absolute Gasteiger partial charge is 0.318 e. The summed E-state index contributed by atoms with van der Waals surface area (Å²) in [5.41, 5.74) is 13.7. The lowest BCUT2D eigenvalue weighted by atomic mass is 9.83. The van der Waals surface area contributed by atoms with Gasteiger partial charge in [-0.15, -0.1) is 0 Å². The van der Waals surface area contributed by atoms with E-state index >= 15 is 0 Å². The molecule has 0 saturated heterocycles. The molecule has 2 aromatic carbocycles. The van der Waals surface area contributed by atoms with Crippen LogP contribution in [0.4, 0.5) is 0 Å². The van der Waals surface area contributed by atoms with Crippen LogP contribution < -0.4 is 5.73 Å². The highest BCUT2D eigenvalue weighted by Crippen LogP contribution is 2.29. The summed E-state index contributed by atoms with van der Waals surface area (Å²) in [4.78, 5) is 0. The first-order valence-corrected chi connectivity index (χ1v) is 6.76. The predicted molar refractivity (Wildman–Crippen MR) is 82.5 cm³/mol. The SMILES string of the molecule is Cc1ccc(C(C)(N)c2ccc(C)c(C)c2)cc1C. The Morgan fingerprint density at radius 3 is 1.37 bits per heavy atom. The van der Waals surface area contributed by atoms with Crippen molar-refractivity contribution < 1.29 is 0 Å². The Labute approximate surface area is 116 Å². The molecule has 19 heavy (non-hydrogen) atoms. The monoisotopic (exact) mass is 253 g/mol. The normalized spacial score (nSPS) is 11.7. The molecule has 0 aliphatic heterocycles. The Hall–Kier alpha value is -1.60. The van der Waals surface area contributed by atoms with Crippen molar-refractivity contribution in [2.24, 2.45) is 5.73 Å². The molecule has 0 bridgehead atoms. The lowest BCUT2D eigenvalue weighted by Gasteiger charge is -2.27. The molecule has 0 atom stereocenters. The first-order valence-electron chi connectivity index (χ1n) is 6.76. The molecule has 2 rings (SSSR count). The Morgan fingerprint density at radius 1 is 0.684 bits per heavy atom. The van der Waals surface area contributed by atoms with Crippen molar-refractivity contribution >= 4 is 0 Å². The van der Waals surface area contributed by atoms with Gasteiger partial charge in [0.25, 0.3) is 0 Å². The fraction of sp³-hybridized carbons (Fsp3) is 0.333. The molecule has 0 aromatic heterocycles. The van der Waals surface area contributed by atoms with Crippen molar-refractivity contribution in [2.75, 3.05) is 0 Å². The van der Waals surface area contributed by atoms with Crippen LogP contribution in [0.15, 0.2) is 36.4 Å². The smallest absolute Gasteiger partial charge is 0.0637 e. The van der Waals surface area contributed by atoms with Crippen LogP contribution in [-0.4, -0.2) is 0 Å². The molecule has 2 aromatic rings. The van der Waals surface area contributed by atoms with Crippen molar-refractivity contribution in [1.82, 2.24) is 0 Å². The predicted octanol–water partition coefficient (Wildman–Crippen LogP) is 4.14. The fourth-order valence-corrected chi connectivity index (χ4v) is 2.30. The van der Waals surface area contributed by atoms with Gasteiger partial charge < -0.3 is 5.73 Å². The number of aryl methyl sites for hydroxylation is 4. The van der Waals surface area contributed by atoms with Gasteiger partial charge in [-0.25, -0.2) is 0 Å². The topological polar surface area (TPSA) is 26.0 Å². The number of nitrogens with two attached hydrogens (primary N) is 1. The molecular weight excluding hydrogens is 230 g/mol. The second-order valence-electron chi connectivity index (χ2n) is 5.80. The average Bonchev–Trinajstić information content (AvgIpc) is 2.35. The maximum atomic E-state index is 6.60. The molecule has 0 saturated carbocycles. The van der Waals surface area contributed by atoms with Gasteiger partial charge in [0, 0.05) is 0 Å². The summed E-state index contributed by atoms with van der Waals surface area (Å²) in [6.45, 7) is 10.6. The number of hydrogen-bond donors (Lipinski definition) is 1. The molecule has 0 aliphatic carbocycles. The summed E-state index contributed by atoms with van der Waals surface area (Å²) in [6, 6.07) is 13.0. The van der Waals surface area contributed by atoms with Gasteiger partial charge in [-0.1, -0.05) is 36.4 Å². The third-order valence-corrected chi connectivity index (χ3v) is 4.21.